The minimum Gasteiger partial charge on any atom is -0.0622 e. The summed E-state index contributed by atoms with van der Waals surface area (Å²) in [6.07, 6.45) is 0. The van der Waals surface area contributed by atoms with Crippen LogP contribution in [0.2, 0.25) is 0 Å². The molecule has 0 bridgehead atoms. The monoisotopic (exact) mass is 1250 g/mol. The van der Waals surface area contributed by atoms with Crippen molar-refractivity contribution in [3.63, 3.8) is 0 Å². The molecular formula is C99H58. The Morgan fingerprint density at radius 3 is 0.687 bits per heavy atom. The van der Waals surface area contributed by atoms with Gasteiger partial charge in [-0.2, -0.15) is 0 Å². The van der Waals surface area contributed by atoms with Crippen LogP contribution in [0.1, 0.15) is 25.0 Å². The zero-order valence-electron chi connectivity index (χ0n) is 54.5. The average molecular weight is 1250 g/mol. The normalized spacial score (nSPS) is 13.2. The van der Waals surface area contributed by atoms with E-state index in [0.29, 0.717) is 0 Å². The summed E-state index contributed by atoms with van der Waals surface area (Å²) in [5.74, 6) is 0. The lowest BCUT2D eigenvalue weighted by atomic mass is 9.80. The second-order valence-electron chi connectivity index (χ2n) is 28.6. The van der Waals surface area contributed by atoms with Crippen LogP contribution in [0.3, 0.4) is 0 Å². The smallest absolute Gasteiger partial charge is 0.0159 e. The molecule has 454 valence electrons. The fourth-order valence-electron chi connectivity index (χ4n) is 19.6. The van der Waals surface area contributed by atoms with Gasteiger partial charge in [-0.05, 0) is 267 Å². The van der Waals surface area contributed by atoms with Gasteiger partial charge in [-0.15, -0.1) is 0 Å². The summed E-state index contributed by atoms with van der Waals surface area (Å²) < 4.78 is 0. The maximum absolute atomic E-state index is 2.57. The van der Waals surface area contributed by atoms with E-state index in [0.717, 1.165) is 0 Å². The Morgan fingerprint density at radius 2 is 0.374 bits per heavy atom. The van der Waals surface area contributed by atoms with E-state index < -0.39 is 0 Å². The zero-order chi connectivity index (χ0) is 64.7. The van der Waals surface area contributed by atoms with E-state index in [1.54, 1.807) is 0 Å². The van der Waals surface area contributed by atoms with Gasteiger partial charge in [0.05, 0.1) is 0 Å². The highest BCUT2D eigenvalue weighted by atomic mass is 14.4. The number of benzene rings is 18. The first-order chi connectivity index (χ1) is 48.9. The van der Waals surface area contributed by atoms with Crippen molar-refractivity contribution in [2.75, 3.05) is 0 Å². The average Bonchev–Trinajstić information content (AvgIpc) is 1.56. The molecule has 0 nitrogen and oxygen atoms in total. The van der Waals surface area contributed by atoms with Crippen molar-refractivity contribution in [1.82, 2.24) is 0 Å². The van der Waals surface area contributed by atoms with Gasteiger partial charge in [0.25, 0.3) is 0 Å². The molecule has 0 heterocycles. The van der Waals surface area contributed by atoms with Crippen molar-refractivity contribution in [3.8, 4) is 167 Å². The van der Waals surface area contributed by atoms with Crippen LogP contribution in [0, 0.1) is 0 Å². The van der Waals surface area contributed by atoms with Crippen LogP contribution >= 0.6 is 0 Å². The molecule has 0 aliphatic heterocycles. The van der Waals surface area contributed by atoms with E-state index in [1.807, 2.05) is 0 Å². The Hall–Kier alpha value is -12.5. The number of rotatable bonds is 6. The van der Waals surface area contributed by atoms with E-state index in [1.165, 1.54) is 243 Å². The summed E-state index contributed by atoms with van der Waals surface area (Å²) in [6, 6.07) is 120. The molecule has 0 heteroatoms. The molecule has 5 aliphatic carbocycles. The molecule has 5 aliphatic rings. The molecular weight excluding hydrogens is 1190 g/mol. The standard InChI is InChI=1S/C99H58/c1-99(2)85-53-81-73-47-43-59(61-45-49-77-93-65(61)37-21-41-75(93)95-87(55-23-7-3-8-24-55)67-31-15-17-33-69(67)89(97(77)95)57-27-11-5-12-28-57)63-35-19-39-71(91(63)73)79(81)51-83(85)84-52-80-72-40-20-36-64-60(44-48-74(92(64)72)82(80)54-86(84)99)62-46-50-78-94-66(62)38-22-42-76(94)96-88(56-25-9-4-10-26-56)68-32-16-18-34-70(68)90(98(78)96)58-29-13-6-14-30-58/h3-54H,1-2H3. The Bertz CT molecular complexity index is 6150. The molecule has 0 amide bonds. The molecule has 0 atom stereocenters. The second kappa shape index (κ2) is 19.4. The Kier molecular flexibility index (Phi) is 10.5. The lowest BCUT2D eigenvalue weighted by molar-refractivity contribution is 0.661. The predicted octanol–water partition coefficient (Wildman–Crippen LogP) is 27.5. The number of fused-ring (bicyclic) bond motifs is 17. The molecule has 99 heavy (non-hydrogen) atoms. The summed E-state index contributed by atoms with van der Waals surface area (Å²) in [4.78, 5) is 0. The molecule has 0 saturated carbocycles. The van der Waals surface area contributed by atoms with Gasteiger partial charge in [-0.1, -0.05) is 305 Å². The van der Waals surface area contributed by atoms with Gasteiger partial charge in [0.15, 0.2) is 0 Å². The summed E-state index contributed by atoms with van der Waals surface area (Å²) in [7, 11) is 0. The first kappa shape index (κ1) is 53.7. The third kappa shape index (κ3) is 6.92. The molecule has 18 aromatic rings. The van der Waals surface area contributed by atoms with Crippen molar-refractivity contribution in [2.45, 2.75) is 19.3 Å². The van der Waals surface area contributed by atoms with Crippen molar-refractivity contribution < 1.29 is 0 Å². The quantitative estimate of drug-likeness (QED) is 0.156. The van der Waals surface area contributed by atoms with Crippen LogP contribution in [0.15, 0.2) is 315 Å². The van der Waals surface area contributed by atoms with E-state index in [-0.39, 0.29) is 5.41 Å². The second-order valence-corrected chi connectivity index (χ2v) is 28.6. The van der Waals surface area contributed by atoms with Crippen LogP contribution in [0.5, 0.6) is 0 Å². The van der Waals surface area contributed by atoms with Crippen molar-refractivity contribution >= 4 is 64.6 Å². The topological polar surface area (TPSA) is 0 Å². The fourth-order valence-corrected chi connectivity index (χ4v) is 19.6. The first-order valence-corrected chi connectivity index (χ1v) is 35.0. The van der Waals surface area contributed by atoms with Crippen molar-refractivity contribution in [1.29, 1.82) is 0 Å². The molecule has 0 N–H and O–H groups in total. The van der Waals surface area contributed by atoms with Gasteiger partial charge in [0.2, 0.25) is 0 Å². The lowest BCUT2D eigenvalue weighted by Gasteiger charge is -2.23. The van der Waals surface area contributed by atoms with Crippen molar-refractivity contribution in [3.05, 3.63) is 327 Å². The lowest BCUT2D eigenvalue weighted by Crippen LogP contribution is -2.15. The largest absolute Gasteiger partial charge is 0.0622 e. The molecule has 0 fully saturated rings. The van der Waals surface area contributed by atoms with E-state index in [9.17, 15) is 0 Å². The summed E-state index contributed by atoms with van der Waals surface area (Å²) in [6.45, 7) is 4.92. The third-order valence-electron chi connectivity index (χ3n) is 23.6. The predicted molar refractivity (Wildman–Crippen MR) is 419 cm³/mol. The number of hydrogen-bond donors (Lipinski definition) is 0. The molecule has 0 radical (unpaired) electrons. The Morgan fingerprint density at radius 1 is 0.152 bits per heavy atom. The molecule has 0 saturated heterocycles. The van der Waals surface area contributed by atoms with E-state index in [2.05, 4.69) is 329 Å². The van der Waals surface area contributed by atoms with Gasteiger partial charge < -0.3 is 0 Å². The van der Waals surface area contributed by atoms with Crippen LogP contribution in [0.4, 0.5) is 0 Å². The fraction of sp³-hybridized carbons (Fsp3) is 0.0303. The SMILES string of the molecule is CC1(C)c2cc3c(cc2-c2cc4c(cc21)-c1ccc(-c2ccc5c6c(cccc26)-c2c-5c(-c5ccccc5)c5ccccc5c2-c2ccccc2)c2cccc-4c12)-c1cccc2c(-c4ccc5c6c(cccc46)-c4c-5c(-c5ccccc5)c5ccccc5c4-c4ccccc4)ccc-3c12. The minimum atomic E-state index is -0.236. The van der Waals surface area contributed by atoms with E-state index >= 15 is 0 Å². The van der Waals surface area contributed by atoms with Gasteiger partial charge in [0, 0.05) is 5.41 Å². The van der Waals surface area contributed by atoms with E-state index in [4.69, 9.17) is 0 Å². The Balaban J connectivity index is 0.653. The summed E-state index contributed by atoms with van der Waals surface area (Å²) in [5.41, 5.74) is 41.6. The summed E-state index contributed by atoms with van der Waals surface area (Å²) >= 11 is 0. The third-order valence-corrected chi connectivity index (χ3v) is 23.6. The van der Waals surface area contributed by atoms with Gasteiger partial charge in [0.1, 0.15) is 0 Å². The maximum atomic E-state index is 2.57. The molecule has 0 spiro atoms. The van der Waals surface area contributed by atoms with Crippen LogP contribution in [0.25, 0.3) is 232 Å². The highest BCUT2D eigenvalue weighted by molar-refractivity contribution is 6.32. The molecule has 18 aromatic carbocycles. The number of hydrogen-bond acceptors (Lipinski definition) is 0. The molecule has 0 aromatic heterocycles. The maximum Gasteiger partial charge on any atom is 0.0159 e. The highest BCUT2D eigenvalue weighted by Gasteiger charge is 2.41. The van der Waals surface area contributed by atoms with Crippen LogP contribution in [-0.4, -0.2) is 0 Å². The van der Waals surface area contributed by atoms with Gasteiger partial charge in [-0.3, -0.25) is 0 Å². The highest BCUT2D eigenvalue weighted by Crippen LogP contribution is 2.64. The first-order valence-electron chi connectivity index (χ1n) is 35.0. The molecule has 0 unspecified atom stereocenters. The molecule has 23 rings (SSSR count). The van der Waals surface area contributed by atoms with Crippen LogP contribution in [-0.2, 0) is 5.41 Å². The summed E-state index contributed by atoms with van der Waals surface area (Å²) in [5, 5.41) is 15.6. The van der Waals surface area contributed by atoms with Gasteiger partial charge in [-0.25, -0.2) is 0 Å². The zero-order valence-corrected chi connectivity index (χ0v) is 54.5. The van der Waals surface area contributed by atoms with Crippen LogP contribution < -0.4 is 0 Å². The Labute approximate surface area is 573 Å². The minimum absolute atomic E-state index is 0.236. The van der Waals surface area contributed by atoms with Gasteiger partial charge >= 0.3 is 0 Å². The van der Waals surface area contributed by atoms with Crippen molar-refractivity contribution in [2.24, 2.45) is 0 Å².